The summed E-state index contributed by atoms with van der Waals surface area (Å²) in [5.74, 6) is -0.788. The molecule has 3 aromatic rings. The van der Waals surface area contributed by atoms with Gasteiger partial charge in [-0.25, -0.2) is 0 Å². The minimum Gasteiger partial charge on any atom is -0.375 e. The molecule has 1 aromatic heterocycles. The molecule has 1 aliphatic rings. The number of Topliss-reactive ketones (excluding diaryl/α,β-unsaturated/α-hetero) is 1. The maximum atomic E-state index is 13.4. The van der Waals surface area contributed by atoms with Gasteiger partial charge in [-0.15, -0.1) is 0 Å². The molecule has 2 aromatic carbocycles. The average Bonchev–Trinajstić information content (AvgIpc) is 3.16. The van der Waals surface area contributed by atoms with Crippen LogP contribution in [0.15, 0.2) is 53.0 Å². The molecule has 4 rings (SSSR count). The maximum Gasteiger partial charge on any atom is 0.264 e. The first-order valence-corrected chi connectivity index (χ1v) is 10.5. The molecular formula is C23H22BrN3O3. The number of rotatable bonds is 6. The molecule has 1 aliphatic heterocycles. The predicted octanol–water partition coefficient (Wildman–Crippen LogP) is 3.84. The van der Waals surface area contributed by atoms with E-state index in [-0.39, 0.29) is 12.2 Å². The Kier molecular flexibility index (Phi) is 5.34. The van der Waals surface area contributed by atoms with Gasteiger partial charge in [-0.2, -0.15) is 5.10 Å². The van der Waals surface area contributed by atoms with Gasteiger partial charge in [0.25, 0.3) is 5.91 Å². The quantitative estimate of drug-likeness (QED) is 0.539. The Balaban J connectivity index is 1.67. The van der Waals surface area contributed by atoms with Crippen LogP contribution < -0.4 is 4.90 Å². The summed E-state index contributed by atoms with van der Waals surface area (Å²) in [5, 5.41) is 18.3. The lowest BCUT2D eigenvalue weighted by Gasteiger charge is -2.23. The van der Waals surface area contributed by atoms with Crippen LogP contribution in [0.5, 0.6) is 0 Å². The number of hydrogen-bond acceptors (Lipinski definition) is 4. The summed E-state index contributed by atoms with van der Waals surface area (Å²) in [6, 6.07) is 15.2. The number of benzene rings is 2. The summed E-state index contributed by atoms with van der Waals surface area (Å²) >= 11 is 3.42. The number of hydrogen-bond donors (Lipinski definition) is 2. The number of halogens is 1. The number of aromatic nitrogens is 2. The molecule has 0 fully saturated rings. The van der Waals surface area contributed by atoms with Gasteiger partial charge in [0.05, 0.1) is 23.4 Å². The second-order valence-corrected chi connectivity index (χ2v) is 8.54. The largest absolute Gasteiger partial charge is 0.375 e. The Morgan fingerprint density at radius 2 is 1.93 bits per heavy atom. The topological polar surface area (TPSA) is 86.3 Å². The van der Waals surface area contributed by atoms with Crippen molar-refractivity contribution in [3.63, 3.8) is 0 Å². The third-order valence-corrected chi connectivity index (χ3v) is 6.08. The molecule has 0 spiro atoms. The fourth-order valence-corrected chi connectivity index (χ4v) is 4.44. The normalized spacial score (nSPS) is 18.0. The minimum atomic E-state index is -1.91. The second-order valence-electron chi connectivity index (χ2n) is 7.62. The molecule has 0 bridgehead atoms. The molecular weight excluding hydrogens is 446 g/mol. The molecule has 2 heterocycles. The van der Waals surface area contributed by atoms with Gasteiger partial charge in [0.1, 0.15) is 0 Å². The number of carbonyl (C=O) groups is 2. The van der Waals surface area contributed by atoms with E-state index in [4.69, 9.17) is 0 Å². The predicted molar refractivity (Wildman–Crippen MR) is 118 cm³/mol. The number of H-pyrrole nitrogens is 1. The fourth-order valence-electron chi connectivity index (χ4n) is 4.08. The van der Waals surface area contributed by atoms with E-state index in [0.717, 1.165) is 10.0 Å². The third-order valence-electron chi connectivity index (χ3n) is 5.58. The van der Waals surface area contributed by atoms with Gasteiger partial charge < -0.3 is 10.0 Å². The standard InChI is InChI=1S/C23H22BrN3O3/c1-14-21(15(2)26-25-14)20(28)13-23(30)18-12-17(24)8-9-19(18)27(22(23)29)11-10-16-6-4-3-5-7-16/h3-9,12,30H,10-11,13H2,1-2H3,(H,25,26)/t23-/m0/s1. The lowest BCUT2D eigenvalue weighted by atomic mass is 9.87. The maximum absolute atomic E-state index is 13.4. The molecule has 2 N–H and O–H groups in total. The van der Waals surface area contributed by atoms with Crippen molar-refractivity contribution in [2.24, 2.45) is 0 Å². The number of amides is 1. The van der Waals surface area contributed by atoms with Crippen molar-refractivity contribution in [2.45, 2.75) is 32.3 Å². The van der Waals surface area contributed by atoms with Crippen molar-refractivity contribution in [1.29, 1.82) is 0 Å². The van der Waals surface area contributed by atoms with Gasteiger partial charge in [0.15, 0.2) is 11.4 Å². The van der Waals surface area contributed by atoms with Crippen molar-refractivity contribution in [3.8, 4) is 0 Å². The van der Waals surface area contributed by atoms with Crippen molar-refractivity contribution in [3.05, 3.63) is 81.1 Å². The van der Waals surface area contributed by atoms with Gasteiger partial charge in [0, 0.05) is 22.3 Å². The zero-order valence-electron chi connectivity index (χ0n) is 16.8. The smallest absolute Gasteiger partial charge is 0.264 e. The van der Waals surface area contributed by atoms with Crippen LogP contribution in [-0.2, 0) is 16.8 Å². The number of nitrogens with zero attached hydrogens (tertiary/aromatic N) is 2. The number of aryl methyl sites for hydroxylation is 2. The van der Waals surface area contributed by atoms with Crippen LogP contribution in [0.4, 0.5) is 5.69 Å². The van der Waals surface area contributed by atoms with Gasteiger partial charge in [0.2, 0.25) is 0 Å². The molecule has 0 aliphatic carbocycles. The van der Waals surface area contributed by atoms with Crippen molar-refractivity contribution >= 4 is 33.3 Å². The highest BCUT2D eigenvalue weighted by atomic mass is 79.9. The SMILES string of the molecule is Cc1n[nH]c(C)c1C(=O)C[C@@]1(O)C(=O)N(CCc2ccccc2)c2ccc(Br)cc21. The number of carbonyl (C=O) groups excluding carboxylic acids is 2. The molecule has 0 radical (unpaired) electrons. The first-order chi connectivity index (χ1) is 14.3. The van der Waals surface area contributed by atoms with Crippen LogP contribution in [0.2, 0.25) is 0 Å². The Morgan fingerprint density at radius 1 is 1.20 bits per heavy atom. The lowest BCUT2D eigenvalue weighted by molar-refractivity contribution is -0.135. The second kappa shape index (κ2) is 7.81. The van der Waals surface area contributed by atoms with Crippen molar-refractivity contribution in [2.75, 3.05) is 11.4 Å². The van der Waals surface area contributed by atoms with E-state index < -0.39 is 11.5 Å². The van der Waals surface area contributed by atoms with E-state index in [1.807, 2.05) is 36.4 Å². The molecule has 1 atom stereocenters. The third kappa shape index (κ3) is 3.48. The zero-order valence-corrected chi connectivity index (χ0v) is 18.4. The number of fused-ring (bicyclic) bond motifs is 1. The van der Waals surface area contributed by atoms with E-state index in [9.17, 15) is 14.7 Å². The number of anilines is 1. The fraction of sp³-hybridized carbons (Fsp3) is 0.261. The molecule has 6 nitrogen and oxygen atoms in total. The van der Waals surface area contributed by atoms with Crippen molar-refractivity contribution < 1.29 is 14.7 Å². The van der Waals surface area contributed by atoms with E-state index in [2.05, 4.69) is 26.1 Å². The van der Waals surface area contributed by atoms with E-state index in [1.54, 1.807) is 30.9 Å². The van der Waals surface area contributed by atoms with Crippen LogP contribution >= 0.6 is 15.9 Å². The Labute approximate surface area is 183 Å². The minimum absolute atomic E-state index is 0.314. The van der Waals surface area contributed by atoms with E-state index in [0.29, 0.717) is 41.2 Å². The van der Waals surface area contributed by atoms with Gasteiger partial charge in [-0.3, -0.25) is 14.7 Å². The van der Waals surface area contributed by atoms with E-state index in [1.165, 1.54) is 0 Å². The van der Waals surface area contributed by atoms with Crippen LogP contribution in [0, 0.1) is 13.8 Å². The molecule has 0 unspecified atom stereocenters. The molecule has 7 heteroatoms. The highest BCUT2D eigenvalue weighted by Crippen LogP contribution is 2.44. The number of aromatic amines is 1. The van der Waals surface area contributed by atoms with Crippen LogP contribution in [0.25, 0.3) is 0 Å². The first-order valence-electron chi connectivity index (χ1n) is 9.74. The summed E-state index contributed by atoms with van der Waals surface area (Å²) in [6.07, 6.45) is 0.310. The summed E-state index contributed by atoms with van der Waals surface area (Å²) in [6.45, 7) is 3.90. The lowest BCUT2D eigenvalue weighted by Crippen LogP contribution is -2.42. The van der Waals surface area contributed by atoms with Gasteiger partial charge in [-0.05, 0) is 44.0 Å². The van der Waals surface area contributed by atoms with Crippen LogP contribution in [0.3, 0.4) is 0 Å². The number of nitrogens with one attached hydrogen (secondary N) is 1. The summed E-state index contributed by atoms with van der Waals surface area (Å²) < 4.78 is 0.737. The molecule has 0 saturated heterocycles. The van der Waals surface area contributed by atoms with Crippen LogP contribution in [0.1, 0.15) is 39.3 Å². The highest BCUT2D eigenvalue weighted by Gasteiger charge is 2.51. The Hall–Kier alpha value is -2.77. The van der Waals surface area contributed by atoms with Crippen LogP contribution in [-0.4, -0.2) is 33.5 Å². The van der Waals surface area contributed by atoms with Gasteiger partial charge in [-0.1, -0.05) is 46.3 Å². The Morgan fingerprint density at radius 3 is 2.60 bits per heavy atom. The summed E-state index contributed by atoms with van der Waals surface area (Å²) in [4.78, 5) is 28.0. The zero-order chi connectivity index (χ0) is 21.5. The highest BCUT2D eigenvalue weighted by molar-refractivity contribution is 9.10. The number of ketones is 1. The molecule has 30 heavy (non-hydrogen) atoms. The summed E-state index contributed by atoms with van der Waals surface area (Å²) in [7, 11) is 0. The molecule has 154 valence electrons. The van der Waals surface area contributed by atoms with Crippen molar-refractivity contribution in [1.82, 2.24) is 10.2 Å². The van der Waals surface area contributed by atoms with Gasteiger partial charge >= 0.3 is 0 Å². The number of aliphatic hydroxyl groups is 1. The molecule has 1 amide bonds. The average molecular weight is 468 g/mol. The Bertz CT molecular complexity index is 1110. The first kappa shape index (κ1) is 20.5. The molecule has 0 saturated carbocycles. The summed E-state index contributed by atoms with van der Waals surface area (Å²) in [5.41, 5.74) is 1.87. The van der Waals surface area contributed by atoms with E-state index >= 15 is 0 Å². The monoisotopic (exact) mass is 467 g/mol.